The second kappa shape index (κ2) is 6.33. The summed E-state index contributed by atoms with van der Waals surface area (Å²) < 4.78 is 31.9. The molecule has 23 heavy (non-hydrogen) atoms. The Morgan fingerprint density at radius 2 is 1.96 bits per heavy atom. The lowest BCUT2D eigenvalue weighted by molar-refractivity contribution is 0.414. The summed E-state index contributed by atoms with van der Waals surface area (Å²) in [5, 5.41) is -0.317. The largest absolute Gasteiger partial charge is 0.497 e. The van der Waals surface area contributed by atoms with Crippen LogP contribution >= 0.6 is 11.6 Å². The predicted molar refractivity (Wildman–Crippen MR) is 88.2 cm³/mol. The molecule has 1 saturated carbocycles. The summed E-state index contributed by atoms with van der Waals surface area (Å²) in [6, 6.07) is 8.80. The lowest BCUT2D eigenvalue weighted by Gasteiger charge is -2.23. The smallest absolute Gasteiger partial charge is 0.239 e. The average molecular weight is 354 g/mol. The van der Waals surface area contributed by atoms with Crippen LogP contribution < -0.4 is 9.04 Å². The van der Waals surface area contributed by atoms with E-state index in [1.165, 1.54) is 10.5 Å². The molecule has 122 valence electrons. The number of nitrogens with zero attached hydrogens (tertiary/aromatic N) is 3. The quantitative estimate of drug-likeness (QED) is 0.746. The maximum atomic E-state index is 12.7. The summed E-state index contributed by atoms with van der Waals surface area (Å²) in [4.78, 5) is 7.87. The molecule has 1 aromatic heterocycles. The van der Waals surface area contributed by atoms with Crippen molar-refractivity contribution in [3.05, 3.63) is 47.4 Å². The highest BCUT2D eigenvalue weighted by Crippen LogP contribution is 2.34. The van der Waals surface area contributed by atoms with E-state index in [2.05, 4.69) is 9.97 Å². The van der Waals surface area contributed by atoms with Crippen molar-refractivity contribution in [1.29, 1.82) is 0 Å². The topological polar surface area (TPSA) is 72.4 Å². The third-order valence-electron chi connectivity index (χ3n) is 3.61. The van der Waals surface area contributed by atoms with Crippen LogP contribution in [0, 0.1) is 0 Å². The zero-order valence-electron chi connectivity index (χ0n) is 12.5. The van der Waals surface area contributed by atoms with E-state index in [1.54, 1.807) is 25.3 Å². The number of aromatic nitrogens is 2. The van der Waals surface area contributed by atoms with Crippen molar-refractivity contribution < 1.29 is 13.2 Å². The van der Waals surface area contributed by atoms with Crippen molar-refractivity contribution in [3.63, 3.8) is 0 Å². The molecule has 0 saturated heterocycles. The second-order valence-corrected chi connectivity index (χ2v) is 7.76. The number of halogens is 1. The standard InChI is InChI=1S/C15H16ClN3O3S/c1-22-12-4-2-11(3-5-12)10-19(23(20,21)13-6-7-13)14-8-9-17-15(16)18-14/h2-5,8-9,13H,6-7,10H2,1H3. The van der Waals surface area contributed by atoms with Crippen molar-refractivity contribution in [1.82, 2.24) is 9.97 Å². The number of ether oxygens (including phenoxy) is 1. The van der Waals surface area contributed by atoms with E-state index in [-0.39, 0.29) is 22.9 Å². The van der Waals surface area contributed by atoms with E-state index in [1.807, 2.05) is 12.1 Å². The van der Waals surface area contributed by atoms with Gasteiger partial charge in [-0.25, -0.2) is 17.7 Å². The molecule has 1 aromatic carbocycles. The maximum absolute atomic E-state index is 12.7. The first kappa shape index (κ1) is 16.0. The van der Waals surface area contributed by atoms with Gasteiger partial charge in [0.25, 0.3) is 0 Å². The number of methoxy groups -OCH3 is 1. The Morgan fingerprint density at radius 3 is 2.52 bits per heavy atom. The van der Waals surface area contributed by atoms with Gasteiger partial charge >= 0.3 is 0 Å². The molecule has 0 spiro atoms. The second-order valence-electron chi connectivity index (χ2n) is 5.28. The molecular weight excluding hydrogens is 338 g/mol. The fourth-order valence-electron chi connectivity index (χ4n) is 2.21. The summed E-state index contributed by atoms with van der Waals surface area (Å²) in [7, 11) is -1.87. The molecule has 6 nitrogen and oxygen atoms in total. The van der Waals surface area contributed by atoms with E-state index in [0.717, 1.165) is 11.3 Å². The molecule has 0 aliphatic heterocycles. The highest BCUT2D eigenvalue weighted by Gasteiger charge is 2.40. The number of anilines is 1. The van der Waals surface area contributed by atoms with Crippen molar-refractivity contribution in [2.24, 2.45) is 0 Å². The third-order valence-corrected chi connectivity index (χ3v) is 6.03. The number of sulfonamides is 1. The Balaban J connectivity index is 1.94. The maximum Gasteiger partial charge on any atom is 0.239 e. The van der Waals surface area contributed by atoms with Gasteiger partial charge in [-0.1, -0.05) is 12.1 Å². The zero-order valence-corrected chi connectivity index (χ0v) is 14.1. The number of rotatable bonds is 6. The SMILES string of the molecule is COc1ccc(CN(c2ccnc(Cl)n2)S(=O)(=O)C2CC2)cc1. The van der Waals surface area contributed by atoms with Gasteiger partial charge in [-0.2, -0.15) is 4.98 Å². The summed E-state index contributed by atoms with van der Waals surface area (Å²) in [6.07, 6.45) is 2.81. The zero-order chi connectivity index (χ0) is 16.4. The fourth-order valence-corrected chi connectivity index (χ4v) is 4.14. The van der Waals surface area contributed by atoms with Crippen LogP contribution in [0.2, 0.25) is 5.28 Å². The van der Waals surface area contributed by atoms with Crippen molar-refractivity contribution >= 4 is 27.4 Å². The molecule has 1 aliphatic rings. The molecule has 0 bridgehead atoms. The van der Waals surface area contributed by atoms with Crippen LogP contribution in [0.1, 0.15) is 18.4 Å². The summed E-state index contributed by atoms with van der Waals surface area (Å²) in [5.74, 6) is 1.00. The summed E-state index contributed by atoms with van der Waals surface area (Å²) in [5.41, 5.74) is 0.838. The normalized spacial score (nSPS) is 14.5. The molecule has 0 amide bonds. The van der Waals surface area contributed by atoms with Crippen LogP contribution in [0.3, 0.4) is 0 Å². The van der Waals surface area contributed by atoms with Crippen LogP contribution in [-0.2, 0) is 16.6 Å². The molecule has 2 aromatic rings. The van der Waals surface area contributed by atoms with E-state index in [0.29, 0.717) is 12.8 Å². The van der Waals surface area contributed by atoms with Crippen LogP contribution in [0.15, 0.2) is 36.5 Å². The minimum absolute atomic E-state index is 0.0215. The molecule has 0 unspecified atom stereocenters. The third kappa shape index (κ3) is 3.56. The van der Waals surface area contributed by atoms with E-state index in [9.17, 15) is 8.42 Å². The molecule has 0 N–H and O–H groups in total. The van der Waals surface area contributed by atoms with Crippen LogP contribution in [0.4, 0.5) is 5.82 Å². The van der Waals surface area contributed by atoms with Crippen molar-refractivity contribution in [3.8, 4) is 5.75 Å². The lowest BCUT2D eigenvalue weighted by Crippen LogP contribution is -2.34. The van der Waals surface area contributed by atoms with Gasteiger partial charge in [-0.15, -0.1) is 0 Å². The van der Waals surface area contributed by atoms with Gasteiger partial charge in [0.1, 0.15) is 11.6 Å². The Labute approximate surface area is 140 Å². The molecule has 1 fully saturated rings. The van der Waals surface area contributed by atoms with Crippen molar-refractivity contribution in [2.45, 2.75) is 24.6 Å². The van der Waals surface area contributed by atoms with Gasteiger partial charge in [0, 0.05) is 12.3 Å². The number of hydrogen-bond donors (Lipinski definition) is 0. The van der Waals surface area contributed by atoms with Crippen LogP contribution in [0.5, 0.6) is 5.75 Å². The summed E-state index contributed by atoms with van der Waals surface area (Å²) in [6.45, 7) is 0.191. The molecule has 1 heterocycles. The van der Waals surface area contributed by atoms with Gasteiger partial charge in [0.15, 0.2) is 0 Å². The number of benzene rings is 1. The van der Waals surface area contributed by atoms with Gasteiger partial charge in [-0.3, -0.25) is 0 Å². The lowest BCUT2D eigenvalue weighted by atomic mass is 10.2. The van der Waals surface area contributed by atoms with Gasteiger partial charge < -0.3 is 4.74 Å². The monoisotopic (exact) mass is 353 g/mol. The summed E-state index contributed by atoms with van der Waals surface area (Å²) >= 11 is 5.82. The Bertz CT molecular complexity index is 792. The number of hydrogen-bond acceptors (Lipinski definition) is 5. The van der Waals surface area contributed by atoms with Crippen LogP contribution in [0.25, 0.3) is 0 Å². The predicted octanol–water partition coefficient (Wildman–Crippen LogP) is 2.64. The van der Waals surface area contributed by atoms with Gasteiger partial charge in [0.05, 0.1) is 18.9 Å². The van der Waals surface area contributed by atoms with Crippen molar-refractivity contribution in [2.75, 3.05) is 11.4 Å². The Morgan fingerprint density at radius 1 is 1.26 bits per heavy atom. The Kier molecular flexibility index (Phi) is 4.41. The molecule has 0 radical (unpaired) electrons. The minimum Gasteiger partial charge on any atom is -0.497 e. The first-order chi connectivity index (χ1) is 11.0. The molecule has 8 heteroatoms. The first-order valence-electron chi connectivity index (χ1n) is 7.14. The molecular formula is C15H16ClN3O3S. The average Bonchev–Trinajstić information content (AvgIpc) is 3.38. The Hall–Kier alpha value is -1.86. The van der Waals surface area contributed by atoms with Gasteiger partial charge in [-0.05, 0) is 42.1 Å². The van der Waals surface area contributed by atoms with E-state index < -0.39 is 10.0 Å². The fraction of sp³-hybridized carbons (Fsp3) is 0.333. The van der Waals surface area contributed by atoms with E-state index >= 15 is 0 Å². The molecule has 0 atom stereocenters. The van der Waals surface area contributed by atoms with Gasteiger partial charge in [0.2, 0.25) is 15.3 Å². The minimum atomic E-state index is -3.46. The molecule has 1 aliphatic carbocycles. The molecule has 3 rings (SSSR count). The van der Waals surface area contributed by atoms with Crippen LogP contribution in [-0.4, -0.2) is 30.7 Å². The highest BCUT2D eigenvalue weighted by molar-refractivity contribution is 7.93. The van der Waals surface area contributed by atoms with E-state index in [4.69, 9.17) is 16.3 Å². The highest BCUT2D eigenvalue weighted by atomic mass is 35.5. The first-order valence-corrected chi connectivity index (χ1v) is 9.02.